The number of nitrogens with one attached hydrogen (secondary N) is 1. The van der Waals surface area contributed by atoms with Gasteiger partial charge in [0.05, 0.1) is 11.6 Å². The largest absolute Gasteiger partial charge is 0.389 e. The van der Waals surface area contributed by atoms with E-state index in [0.29, 0.717) is 6.42 Å². The fourth-order valence-electron chi connectivity index (χ4n) is 1.18. The van der Waals surface area contributed by atoms with Gasteiger partial charge in [0, 0.05) is 18.7 Å². The molecule has 0 aromatic rings. The zero-order valence-corrected chi connectivity index (χ0v) is 11.4. The van der Waals surface area contributed by atoms with Crippen molar-refractivity contribution in [1.29, 1.82) is 0 Å². The fourth-order valence-corrected chi connectivity index (χ4v) is 1.18. The minimum atomic E-state index is -0.866. The highest BCUT2D eigenvalue weighted by Gasteiger charge is 2.24. The van der Waals surface area contributed by atoms with Crippen LogP contribution in [0.25, 0.3) is 0 Å². The molecule has 2 atom stereocenters. The van der Waals surface area contributed by atoms with E-state index in [1.807, 2.05) is 19.2 Å². The molecule has 6 heteroatoms. The molecule has 0 aromatic heterocycles. The molecule has 0 spiro atoms. The van der Waals surface area contributed by atoms with E-state index in [0.717, 1.165) is 5.84 Å². The summed E-state index contributed by atoms with van der Waals surface area (Å²) < 4.78 is 0. The molecule has 1 heterocycles. The molecule has 0 aliphatic carbocycles. The van der Waals surface area contributed by atoms with Crippen molar-refractivity contribution in [3.8, 4) is 0 Å². The second-order valence-corrected chi connectivity index (χ2v) is 4.28. The highest BCUT2D eigenvalue weighted by Crippen LogP contribution is 2.11. The first-order chi connectivity index (χ1) is 6.39. The predicted molar refractivity (Wildman–Crippen MR) is 72.6 cm³/mol. The van der Waals surface area contributed by atoms with Gasteiger partial charge in [0.25, 0.3) is 0 Å². The molecule has 16 heavy (non-hydrogen) atoms. The Kier molecular flexibility index (Phi) is 8.04. The number of rotatable bonds is 3. The molecule has 0 radical (unpaired) electrons. The van der Waals surface area contributed by atoms with Gasteiger partial charge in [-0.2, -0.15) is 0 Å². The van der Waals surface area contributed by atoms with Crippen LogP contribution in [0.2, 0.25) is 0 Å². The third kappa shape index (κ3) is 5.70. The summed E-state index contributed by atoms with van der Waals surface area (Å²) in [5, 5.41) is 12.7. The lowest BCUT2D eigenvalue weighted by Gasteiger charge is -2.27. The average molecular weight is 270 g/mol. The molecule has 4 N–H and O–H groups in total. The van der Waals surface area contributed by atoms with E-state index in [-0.39, 0.29) is 36.9 Å². The Balaban J connectivity index is 0. The molecule has 96 valence electrons. The Labute approximate surface area is 109 Å². The van der Waals surface area contributed by atoms with Crippen LogP contribution < -0.4 is 11.1 Å². The normalized spacial score (nSPS) is 21.1. The van der Waals surface area contributed by atoms with E-state index in [2.05, 4.69) is 10.3 Å². The maximum absolute atomic E-state index is 9.66. The van der Waals surface area contributed by atoms with Gasteiger partial charge in [0.15, 0.2) is 0 Å². The Hall–Kier alpha value is -0.290. The van der Waals surface area contributed by atoms with Crippen LogP contribution in [0.5, 0.6) is 0 Å². The van der Waals surface area contributed by atoms with Crippen molar-refractivity contribution in [2.45, 2.75) is 44.9 Å². The van der Waals surface area contributed by atoms with E-state index >= 15 is 0 Å². The number of hydrogen-bond acceptors (Lipinski definition) is 4. The van der Waals surface area contributed by atoms with Crippen LogP contribution in [0, 0.1) is 0 Å². The maximum atomic E-state index is 9.66. The van der Waals surface area contributed by atoms with E-state index in [1.54, 1.807) is 13.8 Å². The van der Waals surface area contributed by atoms with Crippen molar-refractivity contribution >= 4 is 30.6 Å². The Bertz CT molecular complexity index is 261. The summed E-state index contributed by atoms with van der Waals surface area (Å²) in [4.78, 5) is 4.36. The minimum absolute atomic E-state index is 0. The lowest BCUT2D eigenvalue weighted by atomic mass is 9.96. The van der Waals surface area contributed by atoms with Crippen LogP contribution in [0.4, 0.5) is 0 Å². The topological polar surface area (TPSA) is 70.6 Å². The molecular weight excluding hydrogens is 249 g/mol. The summed E-state index contributed by atoms with van der Waals surface area (Å²) in [6, 6.07) is -0.104. The highest BCUT2D eigenvalue weighted by atomic mass is 35.5. The molecule has 0 amide bonds. The lowest BCUT2D eigenvalue weighted by Crippen LogP contribution is -2.46. The van der Waals surface area contributed by atoms with Gasteiger partial charge < -0.3 is 16.2 Å². The number of nitrogens with zero attached hydrogens (tertiary/aromatic N) is 1. The molecular formula is C10H21Cl2N3O. The molecule has 1 rings (SSSR count). The van der Waals surface area contributed by atoms with Gasteiger partial charge in [-0.1, -0.05) is 0 Å². The zero-order valence-electron chi connectivity index (χ0n) is 9.80. The van der Waals surface area contributed by atoms with E-state index in [4.69, 9.17) is 5.73 Å². The molecule has 0 saturated heterocycles. The van der Waals surface area contributed by atoms with Crippen LogP contribution in [0.1, 0.15) is 27.2 Å². The van der Waals surface area contributed by atoms with Gasteiger partial charge >= 0.3 is 0 Å². The number of nitrogens with two attached hydrogens (primary N) is 1. The van der Waals surface area contributed by atoms with Crippen molar-refractivity contribution in [2.75, 3.05) is 0 Å². The zero-order chi connectivity index (χ0) is 10.8. The second-order valence-electron chi connectivity index (χ2n) is 4.28. The van der Waals surface area contributed by atoms with Gasteiger partial charge in [-0.25, -0.2) is 0 Å². The Morgan fingerprint density at radius 2 is 2.12 bits per heavy atom. The van der Waals surface area contributed by atoms with Gasteiger partial charge in [-0.15, -0.1) is 24.8 Å². The standard InChI is InChI=1S/C10H19N3O.2ClH/c1-7-4-5-12-9(13-7)6-8(11)10(2,3)14;;/h4-5,7-8,14H,6,11H2,1-3H3,(H,12,13);2*1H. The van der Waals surface area contributed by atoms with Gasteiger partial charge in [0.2, 0.25) is 0 Å². The first kappa shape index (κ1) is 18.1. The summed E-state index contributed by atoms with van der Waals surface area (Å²) in [5.41, 5.74) is 4.97. The molecule has 2 unspecified atom stereocenters. The number of halogens is 2. The van der Waals surface area contributed by atoms with E-state index in [1.165, 1.54) is 0 Å². The van der Waals surface area contributed by atoms with Crippen LogP contribution in [-0.4, -0.2) is 28.6 Å². The average Bonchev–Trinajstić information content (AvgIpc) is 2.02. The van der Waals surface area contributed by atoms with Crippen LogP contribution >= 0.6 is 24.8 Å². The summed E-state index contributed by atoms with van der Waals surface area (Å²) in [6.45, 7) is 5.42. The molecule has 0 aromatic carbocycles. The summed E-state index contributed by atoms with van der Waals surface area (Å²) in [5.74, 6) is 0.842. The highest BCUT2D eigenvalue weighted by molar-refractivity contribution is 5.85. The monoisotopic (exact) mass is 269 g/mol. The Morgan fingerprint density at radius 1 is 1.56 bits per heavy atom. The van der Waals surface area contributed by atoms with Crippen LogP contribution in [0.3, 0.4) is 0 Å². The van der Waals surface area contributed by atoms with Crippen molar-refractivity contribution < 1.29 is 5.11 Å². The maximum Gasteiger partial charge on any atom is 0.103 e. The van der Waals surface area contributed by atoms with Crippen molar-refractivity contribution in [3.63, 3.8) is 0 Å². The summed E-state index contributed by atoms with van der Waals surface area (Å²) in [7, 11) is 0. The first-order valence-electron chi connectivity index (χ1n) is 4.87. The van der Waals surface area contributed by atoms with Gasteiger partial charge in [-0.05, 0) is 26.8 Å². The van der Waals surface area contributed by atoms with Gasteiger partial charge in [0.1, 0.15) is 5.84 Å². The summed E-state index contributed by atoms with van der Waals surface area (Å²) >= 11 is 0. The smallest absolute Gasteiger partial charge is 0.103 e. The third-order valence-electron chi connectivity index (χ3n) is 2.30. The number of aliphatic hydroxyl groups is 1. The summed E-state index contributed by atoms with van der Waals surface area (Å²) in [6.07, 6.45) is 4.40. The van der Waals surface area contributed by atoms with Crippen molar-refractivity contribution in [2.24, 2.45) is 10.7 Å². The van der Waals surface area contributed by atoms with Crippen LogP contribution in [-0.2, 0) is 0 Å². The fraction of sp³-hybridized carbons (Fsp3) is 0.700. The van der Waals surface area contributed by atoms with Crippen molar-refractivity contribution in [3.05, 3.63) is 12.3 Å². The van der Waals surface area contributed by atoms with Crippen molar-refractivity contribution in [1.82, 2.24) is 5.32 Å². The molecule has 1 aliphatic rings. The van der Waals surface area contributed by atoms with Crippen LogP contribution in [0.15, 0.2) is 17.3 Å². The molecule has 0 saturated carbocycles. The second kappa shape index (κ2) is 7.12. The number of hydrogen-bond donors (Lipinski definition) is 3. The SMILES string of the molecule is CC1C=CNC(CC(N)C(C)(C)O)=N1.Cl.Cl. The first-order valence-corrected chi connectivity index (χ1v) is 4.87. The number of amidine groups is 1. The van der Waals surface area contributed by atoms with E-state index < -0.39 is 5.60 Å². The number of aliphatic imine (C=N–C) groups is 1. The lowest BCUT2D eigenvalue weighted by molar-refractivity contribution is 0.0541. The molecule has 4 nitrogen and oxygen atoms in total. The molecule has 1 aliphatic heterocycles. The predicted octanol–water partition coefficient (Wildman–Crippen LogP) is 1.22. The minimum Gasteiger partial charge on any atom is -0.389 e. The molecule has 0 fully saturated rings. The third-order valence-corrected chi connectivity index (χ3v) is 2.30. The van der Waals surface area contributed by atoms with E-state index in [9.17, 15) is 5.11 Å². The quantitative estimate of drug-likeness (QED) is 0.722. The van der Waals surface area contributed by atoms with Gasteiger partial charge in [-0.3, -0.25) is 4.99 Å². The Morgan fingerprint density at radius 3 is 2.56 bits per heavy atom. The molecule has 0 bridgehead atoms.